The molecule has 0 atom stereocenters. The van der Waals surface area contributed by atoms with E-state index in [1.807, 2.05) is 0 Å². The largest absolute Gasteiger partial charge is 0.370 e. The summed E-state index contributed by atoms with van der Waals surface area (Å²) < 4.78 is 0. The van der Waals surface area contributed by atoms with Crippen molar-refractivity contribution in [2.45, 2.75) is 51.0 Å². The van der Waals surface area contributed by atoms with E-state index in [9.17, 15) is 0 Å². The summed E-state index contributed by atoms with van der Waals surface area (Å²) in [5.74, 6) is 0. The van der Waals surface area contributed by atoms with Crippen LogP contribution >= 0.6 is 0 Å². The lowest BCUT2D eigenvalue weighted by Crippen LogP contribution is -2.45. The van der Waals surface area contributed by atoms with Gasteiger partial charge in [0.2, 0.25) is 0 Å². The fourth-order valence-electron chi connectivity index (χ4n) is 3.81. The van der Waals surface area contributed by atoms with Crippen LogP contribution in [0.4, 0.5) is 0 Å². The van der Waals surface area contributed by atoms with Crippen LogP contribution in [0.3, 0.4) is 0 Å². The van der Waals surface area contributed by atoms with Crippen molar-refractivity contribution in [1.82, 2.24) is 4.90 Å². The van der Waals surface area contributed by atoms with E-state index in [4.69, 9.17) is 0 Å². The second-order valence-electron chi connectivity index (χ2n) is 6.09. The number of hydrogen-bond donors (Lipinski definition) is 0. The van der Waals surface area contributed by atoms with Crippen LogP contribution in [0.1, 0.15) is 50.2 Å². The van der Waals surface area contributed by atoms with Gasteiger partial charge in [-0.2, -0.15) is 0 Å². The lowest BCUT2D eigenvalue weighted by atomic mass is 9.66. The summed E-state index contributed by atoms with van der Waals surface area (Å²) in [4.78, 5) is 2.48. The Bertz CT molecular complexity index is 454. The second kappa shape index (κ2) is 4.46. The first kappa shape index (κ1) is 11.8. The first-order valence-corrected chi connectivity index (χ1v) is 7.20. The van der Waals surface area contributed by atoms with E-state index in [0.29, 0.717) is 5.41 Å². The van der Waals surface area contributed by atoms with E-state index in [2.05, 4.69) is 42.7 Å². The molecule has 1 saturated carbocycles. The third kappa shape index (κ3) is 1.86. The summed E-state index contributed by atoms with van der Waals surface area (Å²) in [7, 11) is 0. The number of benzene rings is 1. The van der Waals surface area contributed by atoms with Crippen LogP contribution in [0.15, 0.2) is 36.5 Å². The average Bonchev–Trinajstić information content (AvgIpc) is 2.40. The van der Waals surface area contributed by atoms with Gasteiger partial charge in [0.15, 0.2) is 0 Å². The molecule has 0 saturated heterocycles. The fourth-order valence-corrected chi connectivity index (χ4v) is 3.81. The van der Waals surface area contributed by atoms with Crippen molar-refractivity contribution in [3.05, 3.63) is 47.7 Å². The fraction of sp³-hybridized carbons (Fsp3) is 0.529. The molecule has 0 radical (unpaired) electrons. The Balaban J connectivity index is 2.04. The van der Waals surface area contributed by atoms with Crippen molar-refractivity contribution < 1.29 is 0 Å². The van der Waals surface area contributed by atoms with Crippen molar-refractivity contribution in [3.8, 4) is 0 Å². The highest BCUT2D eigenvalue weighted by Crippen LogP contribution is 2.45. The number of rotatable bonds is 1. The Morgan fingerprint density at radius 2 is 1.89 bits per heavy atom. The van der Waals surface area contributed by atoms with Crippen molar-refractivity contribution >= 4 is 0 Å². The minimum atomic E-state index is 0.409. The summed E-state index contributed by atoms with van der Waals surface area (Å²) in [6.45, 7) is 8.53. The Kier molecular flexibility index (Phi) is 2.93. The minimum absolute atomic E-state index is 0.409. The smallest absolute Gasteiger partial charge is 0.0429 e. The molecule has 96 valence electrons. The second-order valence-corrected chi connectivity index (χ2v) is 6.09. The Hall–Kier alpha value is -1.24. The Morgan fingerprint density at radius 3 is 2.61 bits per heavy atom. The molecule has 2 aliphatic rings. The zero-order valence-corrected chi connectivity index (χ0v) is 11.4. The quantitative estimate of drug-likeness (QED) is 0.711. The summed E-state index contributed by atoms with van der Waals surface area (Å²) in [6.07, 6.45) is 6.90. The van der Waals surface area contributed by atoms with E-state index >= 15 is 0 Å². The summed E-state index contributed by atoms with van der Waals surface area (Å²) in [6, 6.07) is 9.07. The zero-order chi connectivity index (χ0) is 12.6. The van der Waals surface area contributed by atoms with Gasteiger partial charge in [0.05, 0.1) is 0 Å². The topological polar surface area (TPSA) is 3.24 Å². The van der Waals surface area contributed by atoms with E-state index in [-0.39, 0.29) is 0 Å². The van der Waals surface area contributed by atoms with E-state index in [1.54, 1.807) is 5.56 Å². The molecule has 1 aromatic carbocycles. The molecule has 1 heterocycles. The maximum Gasteiger partial charge on any atom is 0.0429 e. The number of nitrogens with zero attached hydrogens (tertiary/aromatic N) is 1. The SMILES string of the molecule is C=C(C)N1Cc2ccccc2C2(CCCCC2)C1. The molecule has 18 heavy (non-hydrogen) atoms. The molecule has 0 bridgehead atoms. The molecule has 1 fully saturated rings. The monoisotopic (exact) mass is 241 g/mol. The molecular formula is C17H23N. The molecule has 1 spiro atoms. The van der Waals surface area contributed by atoms with Gasteiger partial charge in [-0.05, 0) is 30.9 Å². The third-order valence-corrected chi connectivity index (χ3v) is 4.79. The van der Waals surface area contributed by atoms with E-state index < -0.39 is 0 Å². The molecule has 1 aliphatic heterocycles. The van der Waals surface area contributed by atoms with Gasteiger partial charge in [0.25, 0.3) is 0 Å². The van der Waals surface area contributed by atoms with Crippen LogP contribution in [0.5, 0.6) is 0 Å². The Labute approximate surface area is 111 Å². The molecule has 0 aromatic heterocycles. The first-order valence-electron chi connectivity index (χ1n) is 7.20. The van der Waals surface area contributed by atoms with Crippen LogP contribution < -0.4 is 0 Å². The molecule has 1 aliphatic carbocycles. The summed E-state index contributed by atoms with van der Waals surface area (Å²) in [5.41, 5.74) is 4.77. The lowest BCUT2D eigenvalue weighted by molar-refractivity contribution is 0.173. The summed E-state index contributed by atoms with van der Waals surface area (Å²) >= 11 is 0. The highest BCUT2D eigenvalue weighted by molar-refractivity contribution is 5.38. The van der Waals surface area contributed by atoms with Gasteiger partial charge in [-0.25, -0.2) is 0 Å². The molecule has 1 heteroatoms. The molecular weight excluding hydrogens is 218 g/mol. The number of hydrogen-bond acceptors (Lipinski definition) is 1. The van der Waals surface area contributed by atoms with Crippen molar-refractivity contribution in [3.63, 3.8) is 0 Å². The standard InChI is InChI=1S/C17H23N/c1-14(2)18-12-15-8-4-5-9-16(15)17(13-18)10-6-3-7-11-17/h4-5,8-9H,1,3,6-7,10-13H2,2H3. The number of allylic oxidation sites excluding steroid dienone is 1. The van der Waals surface area contributed by atoms with E-state index in [1.165, 1.54) is 49.9 Å². The predicted octanol–water partition coefficient (Wildman–Crippen LogP) is 4.24. The highest BCUT2D eigenvalue weighted by atomic mass is 15.1. The third-order valence-electron chi connectivity index (χ3n) is 4.79. The van der Waals surface area contributed by atoms with Gasteiger partial charge in [0.1, 0.15) is 0 Å². The Morgan fingerprint density at radius 1 is 1.17 bits per heavy atom. The molecule has 0 unspecified atom stereocenters. The van der Waals surface area contributed by atoms with Crippen LogP contribution in [-0.2, 0) is 12.0 Å². The van der Waals surface area contributed by atoms with Crippen molar-refractivity contribution in [1.29, 1.82) is 0 Å². The molecule has 0 N–H and O–H groups in total. The zero-order valence-electron chi connectivity index (χ0n) is 11.4. The maximum absolute atomic E-state index is 4.16. The van der Waals surface area contributed by atoms with Crippen LogP contribution in [0, 0.1) is 0 Å². The van der Waals surface area contributed by atoms with Crippen LogP contribution in [0.2, 0.25) is 0 Å². The van der Waals surface area contributed by atoms with Gasteiger partial charge in [-0.1, -0.05) is 50.1 Å². The van der Waals surface area contributed by atoms with Gasteiger partial charge in [-0.15, -0.1) is 0 Å². The van der Waals surface area contributed by atoms with Crippen LogP contribution in [0.25, 0.3) is 0 Å². The molecule has 3 rings (SSSR count). The van der Waals surface area contributed by atoms with Gasteiger partial charge >= 0.3 is 0 Å². The molecule has 1 aromatic rings. The van der Waals surface area contributed by atoms with Gasteiger partial charge < -0.3 is 4.90 Å². The maximum atomic E-state index is 4.16. The molecule has 1 nitrogen and oxygen atoms in total. The predicted molar refractivity (Wildman–Crippen MR) is 76.4 cm³/mol. The van der Waals surface area contributed by atoms with Crippen molar-refractivity contribution in [2.75, 3.05) is 6.54 Å². The van der Waals surface area contributed by atoms with Gasteiger partial charge in [-0.3, -0.25) is 0 Å². The number of fused-ring (bicyclic) bond motifs is 2. The highest BCUT2D eigenvalue weighted by Gasteiger charge is 2.39. The average molecular weight is 241 g/mol. The normalized spacial score (nSPS) is 21.7. The summed E-state index contributed by atoms with van der Waals surface area (Å²) in [5, 5.41) is 0. The van der Waals surface area contributed by atoms with E-state index in [0.717, 1.165) is 6.54 Å². The van der Waals surface area contributed by atoms with Gasteiger partial charge in [0, 0.05) is 24.2 Å². The van der Waals surface area contributed by atoms with Crippen molar-refractivity contribution in [2.24, 2.45) is 0 Å². The lowest BCUT2D eigenvalue weighted by Gasteiger charge is -2.47. The minimum Gasteiger partial charge on any atom is -0.370 e. The first-order chi connectivity index (χ1) is 8.71. The van der Waals surface area contributed by atoms with Crippen LogP contribution in [-0.4, -0.2) is 11.4 Å². The molecule has 0 amide bonds.